The summed E-state index contributed by atoms with van der Waals surface area (Å²) in [6.45, 7) is 3.24. The first-order valence-electron chi connectivity index (χ1n) is 7.52. The summed E-state index contributed by atoms with van der Waals surface area (Å²) in [5.41, 5.74) is 4.92. The highest BCUT2D eigenvalue weighted by Gasteiger charge is 2.38. The van der Waals surface area contributed by atoms with E-state index in [4.69, 9.17) is 10.5 Å². The van der Waals surface area contributed by atoms with Crippen molar-refractivity contribution in [3.8, 4) is 0 Å². The van der Waals surface area contributed by atoms with Gasteiger partial charge in [0.1, 0.15) is 17.6 Å². The molecular weight excluding hydrogens is 329 g/mol. The van der Waals surface area contributed by atoms with Gasteiger partial charge in [0.25, 0.3) is 5.69 Å². The Morgan fingerprint density at radius 3 is 2.56 bits per heavy atom. The molecule has 8 heteroatoms. The van der Waals surface area contributed by atoms with Crippen LogP contribution >= 0.6 is 0 Å². The number of hydrogen-bond acceptors (Lipinski definition) is 5. The first-order valence-corrected chi connectivity index (χ1v) is 7.52. The van der Waals surface area contributed by atoms with Crippen LogP contribution in [-0.2, 0) is 11.2 Å². The van der Waals surface area contributed by atoms with Crippen LogP contribution in [0.1, 0.15) is 30.9 Å². The molecule has 0 saturated heterocycles. The number of rotatable bonds is 6. The summed E-state index contributed by atoms with van der Waals surface area (Å²) in [7, 11) is 0. The Bertz CT molecular complexity index is 778. The molecule has 0 saturated carbocycles. The van der Waals surface area contributed by atoms with Gasteiger partial charge in [-0.1, -0.05) is 12.1 Å². The van der Waals surface area contributed by atoms with Crippen LogP contribution in [-0.4, -0.2) is 21.6 Å². The number of nitro groups is 1. The average molecular weight is 347 g/mol. The van der Waals surface area contributed by atoms with Gasteiger partial charge in [-0.2, -0.15) is 0 Å². The fourth-order valence-corrected chi connectivity index (χ4v) is 2.76. The van der Waals surface area contributed by atoms with E-state index in [-0.39, 0.29) is 17.9 Å². The number of ether oxygens (including phenoxy) is 1. The maximum absolute atomic E-state index is 13.1. The van der Waals surface area contributed by atoms with Gasteiger partial charge in [0.05, 0.1) is 4.92 Å². The highest BCUT2D eigenvalue weighted by atomic mass is 19.1. The van der Waals surface area contributed by atoms with Crippen LogP contribution in [0, 0.1) is 15.9 Å². The Labute approximate surface area is 143 Å². The van der Waals surface area contributed by atoms with Crippen molar-refractivity contribution in [3.63, 3.8) is 0 Å². The smallest absolute Gasteiger partial charge is 0.405 e. The molecule has 25 heavy (non-hydrogen) atoms. The molecule has 132 valence electrons. The number of nitrogens with zero attached hydrogens (tertiary/aromatic N) is 2. The normalized spacial score (nSPS) is 12.4. The molecule has 7 nitrogen and oxygen atoms in total. The van der Waals surface area contributed by atoms with E-state index in [2.05, 4.69) is 4.98 Å². The second-order valence-electron chi connectivity index (χ2n) is 6.10. The lowest BCUT2D eigenvalue weighted by Gasteiger charge is -2.33. The van der Waals surface area contributed by atoms with Crippen molar-refractivity contribution in [3.05, 3.63) is 69.8 Å². The Balaban J connectivity index is 2.50. The van der Waals surface area contributed by atoms with E-state index in [0.29, 0.717) is 5.56 Å². The number of amides is 1. The third kappa shape index (κ3) is 4.50. The molecule has 0 bridgehead atoms. The second-order valence-corrected chi connectivity index (χ2v) is 6.10. The van der Waals surface area contributed by atoms with Gasteiger partial charge < -0.3 is 10.5 Å². The zero-order valence-electron chi connectivity index (χ0n) is 13.8. The number of carbonyl (C=O) groups is 1. The number of aromatic nitrogens is 1. The van der Waals surface area contributed by atoms with Gasteiger partial charge in [-0.15, -0.1) is 0 Å². The number of nitrogens with two attached hydrogens (primary N) is 1. The van der Waals surface area contributed by atoms with Gasteiger partial charge in [-0.25, -0.2) is 9.18 Å². The predicted octanol–water partition coefficient (Wildman–Crippen LogP) is 3.33. The molecule has 2 aromatic rings. The van der Waals surface area contributed by atoms with Crippen LogP contribution < -0.4 is 5.73 Å². The second kappa shape index (κ2) is 7.25. The minimum absolute atomic E-state index is 0.184. The first kappa shape index (κ1) is 18.3. The lowest BCUT2D eigenvalue weighted by molar-refractivity contribution is -0.386. The number of carbonyl (C=O) groups excluding carboxylic acids is 1. The molecule has 0 aliphatic heterocycles. The van der Waals surface area contributed by atoms with Crippen LogP contribution in [0.4, 0.5) is 14.9 Å². The van der Waals surface area contributed by atoms with Crippen LogP contribution in [0.2, 0.25) is 0 Å². The molecule has 0 fully saturated rings. The van der Waals surface area contributed by atoms with Gasteiger partial charge in [0, 0.05) is 17.7 Å². The van der Waals surface area contributed by atoms with Crippen molar-refractivity contribution in [2.45, 2.75) is 31.8 Å². The van der Waals surface area contributed by atoms with Crippen LogP contribution in [0.3, 0.4) is 0 Å². The highest BCUT2D eigenvalue weighted by Crippen LogP contribution is 2.38. The number of benzene rings is 1. The summed E-state index contributed by atoms with van der Waals surface area (Å²) < 4.78 is 18.3. The topological polar surface area (TPSA) is 108 Å². The van der Waals surface area contributed by atoms with Crippen molar-refractivity contribution in [1.29, 1.82) is 0 Å². The summed E-state index contributed by atoms with van der Waals surface area (Å²) >= 11 is 0. The van der Waals surface area contributed by atoms with E-state index in [0.717, 1.165) is 11.8 Å². The van der Waals surface area contributed by atoms with Crippen molar-refractivity contribution < 1.29 is 18.8 Å². The lowest BCUT2D eigenvalue weighted by atomic mass is 9.79. The zero-order valence-corrected chi connectivity index (χ0v) is 13.8. The maximum Gasteiger partial charge on any atom is 0.405 e. The number of hydrogen-bond donors (Lipinski definition) is 1. The van der Waals surface area contributed by atoms with Crippen LogP contribution in [0.5, 0.6) is 0 Å². The van der Waals surface area contributed by atoms with Gasteiger partial charge in [0.15, 0.2) is 0 Å². The lowest BCUT2D eigenvalue weighted by Crippen LogP contribution is -2.38. The molecule has 1 unspecified atom stereocenters. The van der Waals surface area contributed by atoms with Crippen molar-refractivity contribution in [1.82, 2.24) is 4.98 Å². The van der Waals surface area contributed by atoms with E-state index in [1.54, 1.807) is 26.0 Å². The summed E-state index contributed by atoms with van der Waals surface area (Å²) in [5, 5.41) is 11.4. The molecule has 0 aliphatic rings. The highest BCUT2D eigenvalue weighted by molar-refractivity contribution is 5.65. The molecule has 2 N–H and O–H groups in total. The standard InChI is InChI=1S/C17H18FN3O4/c1-17(2,25-16(19)22)14(9-11-3-5-12(18)6-4-11)13-7-8-20-10-15(13)21(23)24/h3-8,10,14H,9H2,1-2H3,(H2,19,22). The third-order valence-corrected chi connectivity index (χ3v) is 3.96. The predicted molar refractivity (Wildman–Crippen MR) is 88.5 cm³/mol. The quantitative estimate of drug-likeness (QED) is 0.637. The number of pyridine rings is 1. The van der Waals surface area contributed by atoms with E-state index in [9.17, 15) is 19.3 Å². The van der Waals surface area contributed by atoms with E-state index in [1.807, 2.05) is 0 Å². The van der Waals surface area contributed by atoms with Gasteiger partial charge >= 0.3 is 6.09 Å². The molecule has 1 aromatic heterocycles. The molecular formula is C17H18FN3O4. The molecule has 1 amide bonds. The zero-order chi connectivity index (χ0) is 18.6. The first-order chi connectivity index (χ1) is 11.7. The molecule has 1 aromatic carbocycles. The van der Waals surface area contributed by atoms with Crippen molar-refractivity contribution in [2.75, 3.05) is 0 Å². The van der Waals surface area contributed by atoms with Gasteiger partial charge in [0.2, 0.25) is 0 Å². The van der Waals surface area contributed by atoms with E-state index < -0.39 is 22.5 Å². The van der Waals surface area contributed by atoms with Crippen molar-refractivity contribution >= 4 is 11.8 Å². The number of halogens is 1. The summed E-state index contributed by atoms with van der Waals surface area (Å²) in [4.78, 5) is 25.9. The monoisotopic (exact) mass is 347 g/mol. The molecule has 1 heterocycles. The van der Waals surface area contributed by atoms with Crippen LogP contribution in [0.15, 0.2) is 42.7 Å². The largest absolute Gasteiger partial charge is 0.443 e. The van der Waals surface area contributed by atoms with Crippen LogP contribution in [0.25, 0.3) is 0 Å². The molecule has 2 rings (SSSR count). The minimum atomic E-state index is -1.13. The molecule has 0 spiro atoms. The van der Waals surface area contributed by atoms with Crippen molar-refractivity contribution in [2.24, 2.45) is 5.73 Å². The van der Waals surface area contributed by atoms with Gasteiger partial charge in [-0.05, 0) is 44.0 Å². The summed E-state index contributed by atoms with van der Waals surface area (Å²) in [6.07, 6.45) is 1.88. The molecule has 0 aliphatic carbocycles. The van der Waals surface area contributed by atoms with E-state index in [1.165, 1.54) is 24.4 Å². The number of primary amides is 1. The Kier molecular flexibility index (Phi) is 5.31. The van der Waals surface area contributed by atoms with E-state index >= 15 is 0 Å². The van der Waals surface area contributed by atoms with Gasteiger partial charge in [-0.3, -0.25) is 15.1 Å². The Morgan fingerprint density at radius 1 is 1.36 bits per heavy atom. The fraction of sp³-hybridized carbons (Fsp3) is 0.294. The summed E-state index contributed by atoms with van der Waals surface area (Å²) in [6, 6.07) is 7.27. The average Bonchev–Trinajstić information content (AvgIpc) is 2.53. The maximum atomic E-state index is 13.1. The Morgan fingerprint density at radius 2 is 2.00 bits per heavy atom. The fourth-order valence-electron chi connectivity index (χ4n) is 2.76. The third-order valence-electron chi connectivity index (χ3n) is 3.96. The SMILES string of the molecule is CC(C)(OC(N)=O)C(Cc1ccc(F)cc1)c1ccncc1[N+](=O)[O-]. The minimum Gasteiger partial charge on any atom is -0.443 e. The molecule has 0 radical (unpaired) electrons. The molecule has 1 atom stereocenters. The Hall–Kier alpha value is -3.03. The summed E-state index contributed by atoms with van der Waals surface area (Å²) in [5.74, 6) is -0.975.